The standard InChI is InChI=1S/C19H27N3O/c23-19-18(16-5-1-2-6-17(16)21-19)15-7-10-22(11-8-15)13-14-4-3-9-20-12-14/h1-2,5-6,14-15,18,20H,3-4,7-13H2,(H,21,23). The maximum atomic E-state index is 12.4. The Kier molecular flexibility index (Phi) is 4.36. The number of piperidine rings is 2. The molecule has 2 N–H and O–H groups in total. The van der Waals surface area contributed by atoms with E-state index in [2.05, 4.69) is 27.7 Å². The van der Waals surface area contributed by atoms with Gasteiger partial charge in [0.1, 0.15) is 0 Å². The van der Waals surface area contributed by atoms with Crippen LogP contribution in [0.3, 0.4) is 0 Å². The molecule has 2 saturated heterocycles. The third kappa shape index (κ3) is 3.15. The number of para-hydroxylation sites is 1. The molecule has 2 unspecified atom stereocenters. The summed E-state index contributed by atoms with van der Waals surface area (Å²) in [6, 6.07) is 8.20. The molecule has 3 aliphatic rings. The highest BCUT2D eigenvalue weighted by molar-refractivity contribution is 6.03. The van der Waals surface area contributed by atoms with E-state index in [9.17, 15) is 4.79 Å². The van der Waals surface area contributed by atoms with Gasteiger partial charge >= 0.3 is 0 Å². The molecule has 1 aromatic carbocycles. The fraction of sp³-hybridized carbons (Fsp3) is 0.632. The molecule has 4 rings (SSSR count). The number of fused-ring (bicyclic) bond motifs is 1. The van der Waals surface area contributed by atoms with E-state index in [1.807, 2.05) is 12.1 Å². The molecule has 0 spiro atoms. The van der Waals surface area contributed by atoms with E-state index < -0.39 is 0 Å². The zero-order chi connectivity index (χ0) is 15.6. The molecule has 23 heavy (non-hydrogen) atoms. The van der Waals surface area contributed by atoms with E-state index in [1.54, 1.807) is 0 Å². The van der Waals surface area contributed by atoms with Crippen LogP contribution in [0.15, 0.2) is 24.3 Å². The van der Waals surface area contributed by atoms with Crippen molar-refractivity contribution in [1.29, 1.82) is 0 Å². The van der Waals surface area contributed by atoms with E-state index in [0.29, 0.717) is 5.92 Å². The van der Waals surface area contributed by atoms with Crippen LogP contribution in [-0.2, 0) is 4.79 Å². The summed E-state index contributed by atoms with van der Waals surface area (Å²) < 4.78 is 0. The minimum atomic E-state index is 0.0738. The number of nitrogens with zero attached hydrogens (tertiary/aromatic N) is 1. The van der Waals surface area contributed by atoms with E-state index in [1.165, 1.54) is 38.0 Å². The Morgan fingerprint density at radius 1 is 1.13 bits per heavy atom. The second kappa shape index (κ2) is 6.62. The van der Waals surface area contributed by atoms with Crippen molar-refractivity contribution in [3.63, 3.8) is 0 Å². The lowest BCUT2D eigenvalue weighted by Crippen LogP contribution is -2.42. The van der Waals surface area contributed by atoms with Gasteiger partial charge in [-0.3, -0.25) is 4.79 Å². The molecule has 124 valence electrons. The van der Waals surface area contributed by atoms with Gasteiger partial charge in [0.2, 0.25) is 5.91 Å². The van der Waals surface area contributed by atoms with Gasteiger partial charge in [0, 0.05) is 12.2 Å². The summed E-state index contributed by atoms with van der Waals surface area (Å²) in [5.41, 5.74) is 2.24. The summed E-state index contributed by atoms with van der Waals surface area (Å²) in [5, 5.41) is 6.58. The van der Waals surface area contributed by atoms with Crippen LogP contribution in [0.2, 0.25) is 0 Å². The summed E-state index contributed by atoms with van der Waals surface area (Å²) in [6.07, 6.45) is 4.98. The van der Waals surface area contributed by atoms with Crippen LogP contribution in [0, 0.1) is 11.8 Å². The van der Waals surface area contributed by atoms with E-state index >= 15 is 0 Å². The average molecular weight is 313 g/mol. The van der Waals surface area contributed by atoms with Crippen LogP contribution >= 0.6 is 0 Å². The Hall–Kier alpha value is -1.39. The number of hydrogen-bond donors (Lipinski definition) is 2. The van der Waals surface area contributed by atoms with Gasteiger partial charge in [0.05, 0.1) is 5.92 Å². The van der Waals surface area contributed by atoms with E-state index in [-0.39, 0.29) is 11.8 Å². The lowest BCUT2D eigenvalue weighted by Gasteiger charge is -2.37. The topological polar surface area (TPSA) is 44.4 Å². The van der Waals surface area contributed by atoms with Gasteiger partial charge in [0.25, 0.3) is 0 Å². The number of nitrogens with one attached hydrogen (secondary N) is 2. The minimum Gasteiger partial charge on any atom is -0.325 e. The van der Waals surface area contributed by atoms with Crippen LogP contribution < -0.4 is 10.6 Å². The quantitative estimate of drug-likeness (QED) is 0.901. The highest BCUT2D eigenvalue weighted by Gasteiger charge is 2.38. The monoisotopic (exact) mass is 313 g/mol. The summed E-state index contributed by atoms with van der Waals surface area (Å²) >= 11 is 0. The van der Waals surface area contributed by atoms with E-state index in [0.717, 1.165) is 37.5 Å². The fourth-order valence-electron chi connectivity index (χ4n) is 4.62. The molecular weight excluding hydrogens is 286 g/mol. The smallest absolute Gasteiger partial charge is 0.232 e. The summed E-state index contributed by atoms with van der Waals surface area (Å²) in [4.78, 5) is 15.0. The van der Waals surface area contributed by atoms with Crippen LogP contribution in [0.25, 0.3) is 0 Å². The number of rotatable bonds is 3. The van der Waals surface area contributed by atoms with Crippen molar-refractivity contribution in [2.75, 3.05) is 38.0 Å². The molecule has 1 amide bonds. The van der Waals surface area contributed by atoms with Crippen molar-refractivity contribution in [1.82, 2.24) is 10.2 Å². The van der Waals surface area contributed by atoms with Gasteiger partial charge in [-0.2, -0.15) is 0 Å². The molecule has 4 nitrogen and oxygen atoms in total. The average Bonchev–Trinajstić information content (AvgIpc) is 2.92. The Balaban J connectivity index is 1.35. The predicted molar refractivity (Wildman–Crippen MR) is 92.6 cm³/mol. The zero-order valence-electron chi connectivity index (χ0n) is 13.8. The third-order valence-corrected chi connectivity index (χ3v) is 5.86. The number of carbonyl (C=O) groups is 1. The molecular formula is C19H27N3O. The fourth-order valence-corrected chi connectivity index (χ4v) is 4.62. The number of anilines is 1. The van der Waals surface area contributed by atoms with Crippen molar-refractivity contribution in [2.45, 2.75) is 31.6 Å². The number of amides is 1. The minimum absolute atomic E-state index is 0.0738. The van der Waals surface area contributed by atoms with E-state index in [4.69, 9.17) is 0 Å². The molecule has 2 atom stereocenters. The normalized spacial score (nSPS) is 29.3. The van der Waals surface area contributed by atoms with Crippen molar-refractivity contribution < 1.29 is 4.79 Å². The molecule has 0 aliphatic carbocycles. The molecule has 2 fully saturated rings. The number of likely N-dealkylation sites (tertiary alicyclic amines) is 1. The second-order valence-electron chi connectivity index (χ2n) is 7.40. The number of hydrogen-bond acceptors (Lipinski definition) is 3. The Morgan fingerprint density at radius 2 is 1.96 bits per heavy atom. The maximum Gasteiger partial charge on any atom is 0.232 e. The van der Waals surface area contributed by atoms with Crippen molar-refractivity contribution in [2.24, 2.45) is 11.8 Å². The number of carbonyl (C=O) groups excluding carboxylic acids is 1. The molecule has 0 radical (unpaired) electrons. The van der Waals surface area contributed by atoms with Crippen molar-refractivity contribution >= 4 is 11.6 Å². The van der Waals surface area contributed by atoms with Crippen LogP contribution in [-0.4, -0.2) is 43.5 Å². The first-order valence-corrected chi connectivity index (χ1v) is 9.14. The highest BCUT2D eigenvalue weighted by atomic mass is 16.2. The Labute approximate surface area is 138 Å². The molecule has 4 heteroatoms. The maximum absolute atomic E-state index is 12.4. The second-order valence-corrected chi connectivity index (χ2v) is 7.40. The van der Waals surface area contributed by atoms with Gasteiger partial charge < -0.3 is 15.5 Å². The first-order chi connectivity index (χ1) is 11.3. The summed E-state index contributed by atoms with van der Waals surface area (Å²) in [6.45, 7) is 5.89. The zero-order valence-corrected chi connectivity index (χ0v) is 13.8. The molecule has 1 aromatic rings. The molecule has 0 aromatic heterocycles. The third-order valence-electron chi connectivity index (χ3n) is 5.86. The van der Waals surface area contributed by atoms with Gasteiger partial charge in [-0.1, -0.05) is 18.2 Å². The predicted octanol–water partition coefficient (Wildman–Crippen LogP) is 2.43. The Morgan fingerprint density at radius 3 is 2.74 bits per heavy atom. The lowest BCUT2D eigenvalue weighted by molar-refractivity contribution is -0.118. The first kappa shape index (κ1) is 15.2. The molecule has 3 heterocycles. The Bertz CT molecular complexity index is 559. The molecule has 0 bridgehead atoms. The molecule has 0 saturated carbocycles. The van der Waals surface area contributed by atoms with Gasteiger partial charge in [0.15, 0.2) is 0 Å². The van der Waals surface area contributed by atoms with Crippen LogP contribution in [0.1, 0.15) is 37.2 Å². The highest BCUT2D eigenvalue weighted by Crippen LogP contribution is 2.41. The summed E-state index contributed by atoms with van der Waals surface area (Å²) in [5.74, 6) is 1.60. The van der Waals surface area contributed by atoms with Crippen LogP contribution in [0.4, 0.5) is 5.69 Å². The van der Waals surface area contributed by atoms with Crippen molar-refractivity contribution in [3.8, 4) is 0 Å². The lowest BCUT2D eigenvalue weighted by atomic mass is 9.80. The molecule has 3 aliphatic heterocycles. The van der Waals surface area contributed by atoms with Crippen molar-refractivity contribution in [3.05, 3.63) is 29.8 Å². The first-order valence-electron chi connectivity index (χ1n) is 9.14. The largest absolute Gasteiger partial charge is 0.325 e. The number of benzene rings is 1. The summed E-state index contributed by atoms with van der Waals surface area (Å²) in [7, 11) is 0. The van der Waals surface area contributed by atoms with Gasteiger partial charge in [-0.15, -0.1) is 0 Å². The van der Waals surface area contributed by atoms with Gasteiger partial charge in [-0.25, -0.2) is 0 Å². The SMILES string of the molecule is O=C1Nc2ccccc2C1C1CCN(CC2CCCNC2)CC1. The van der Waals surface area contributed by atoms with Gasteiger partial charge in [-0.05, 0) is 75.3 Å². The van der Waals surface area contributed by atoms with Crippen LogP contribution in [0.5, 0.6) is 0 Å².